The summed E-state index contributed by atoms with van der Waals surface area (Å²) in [6.45, 7) is 4.27. The largest absolute Gasteiger partial charge is 0.486 e. The lowest BCUT2D eigenvalue weighted by atomic mass is 10.1. The van der Waals surface area contributed by atoms with E-state index in [1.807, 2.05) is 32.0 Å². The molecule has 0 spiro atoms. The van der Waals surface area contributed by atoms with E-state index in [1.165, 1.54) is 19.2 Å². The van der Waals surface area contributed by atoms with Crippen LogP contribution in [0.1, 0.15) is 11.1 Å². The summed E-state index contributed by atoms with van der Waals surface area (Å²) in [5.74, 6) is 0.488. The van der Waals surface area contributed by atoms with Crippen molar-refractivity contribution in [1.29, 1.82) is 0 Å². The predicted octanol–water partition coefficient (Wildman–Crippen LogP) is 2.33. The average molecular weight is 390 g/mol. The van der Waals surface area contributed by atoms with Gasteiger partial charge in [-0.1, -0.05) is 18.2 Å². The highest BCUT2D eigenvalue weighted by molar-refractivity contribution is 7.89. The second-order valence-corrected chi connectivity index (χ2v) is 8.43. The number of anilines is 1. The number of amides is 1. The Balaban J connectivity index is 1.74. The molecular weight excluding hydrogens is 368 g/mol. The molecule has 0 radical (unpaired) electrons. The Morgan fingerprint density at radius 2 is 1.70 bits per heavy atom. The van der Waals surface area contributed by atoms with Crippen LogP contribution in [0.4, 0.5) is 5.69 Å². The van der Waals surface area contributed by atoms with E-state index in [1.54, 1.807) is 6.07 Å². The summed E-state index contributed by atoms with van der Waals surface area (Å²) in [5.41, 5.74) is 2.54. The third kappa shape index (κ3) is 4.06. The first-order chi connectivity index (χ1) is 12.8. The predicted molar refractivity (Wildman–Crippen MR) is 102 cm³/mol. The van der Waals surface area contributed by atoms with Gasteiger partial charge < -0.3 is 14.8 Å². The molecule has 1 aliphatic rings. The molecule has 0 aromatic heterocycles. The molecule has 1 heterocycles. The van der Waals surface area contributed by atoms with Crippen LogP contribution in [-0.4, -0.2) is 45.4 Å². The van der Waals surface area contributed by atoms with Gasteiger partial charge in [-0.05, 0) is 37.1 Å². The standard InChI is InChI=1S/C19H22N2O5S/c1-13-5-4-6-14(2)19(13)20-18(22)12-21(3)27(23,24)15-7-8-16-17(11-15)26-10-9-25-16/h4-8,11H,9-10,12H2,1-3H3,(H,20,22). The Bertz CT molecular complexity index is 952. The van der Waals surface area contributed by atoms with Gasteiger partial charge in [-0.2, -0.15) is 4.31 Å². The molecule has 7 nitrogen and oxygen atoms in total. The number of rotatable bonds is 5. The zero-order valence-corrected chi connectivity index (χ0v) is 16.3. The second-order valence-electron chi connectivity index (χ2n) is 6.38. The van der Waals surface area contributed by atoms with E-state index < -0.39 is 15.9 Å². The van der Waals surface area contributed by atoms with Crippen molar-refractivity contribution >= 4 is 21.6 Å². The molecule has 1 amide bonds. The van der Waals surface area contributed by atoms with Crippen molar-refractivity contribution in [2.45, 2.75) is 18.7 Å². The number of ether oxygens (including phenoxy) is 2. The molecule has 144 valence electrons. The van der Waals surface area contributed by atoms with Crippen molar-refractivity contribution in [1.82, 2.24) is 4.31 Å². The highest BCUT2D eigenvalue weighted by Gasteiger charge is 2.25. The van der Waals surface area contributed by atoms with Crippen LogP contribution in [0.3, 0.4) is 0 Å². The Morgan fingerprint density at radius 1 is 1.07 bits per heavy atom. The number of nitrogens with one attached hydrogen (secondary N) is 1. The molecular formula is C19H22N2O5S. The molecule has 2 aromatic rings. The van der Waals surface area contributed by atoms with Crippen molar-refractivity contribution < 1.29 is 22.7 Å². The zero-order chi connectivity index (χ0) is 19.6. The summed E-state index contributed by atoms with van der Waals surface area (Å²) in [6.07, 6.45) is 0. The minimum atomic E-state index is -3.84. The molecule has 0 atom stereocenters. The van der Waals surface area contributed by atoms with Gasteiger partial charge in [0.2, 0.25) is 15.9 Å². The summed E-state index contributed by atoms with van der Waals surface area (Å²) >= 11 is 0. The lowest BCUT2D eigenvalue weighted by molar-refractivity contribution is -0.116. The first-order valence-electron chi connectivity index (χ1n) is 8.51. The summed E-state index contributed by atoms with van der Waals surface area (Å²) in [6, 6.07) is 10.1. The van der Waals surface area contributed by atoms with Crippen molar-refractivity contribution in [3.8, 4) is 11.5 Å². The van der Waals surface area contributed by atoms with E-state index in [0.29, 0.717) is 30.4 Å². The Labute approximate surface area is 158 Å². The van der Waals surface area contributed by atoms with Crippen molar-refractivity contribution in [3.05, 3.63) is 47.5 Å². The van der Waals surface area contributed by atoms with Crippen LogP contribution in [-0.2, 0) is 14.8 Å². The Kier molecular flexibility index (Phi) is 5.38. The number of likely N-dealkylation sites (N-methyl/N-ethyl adjacent to an activating group) is 1. The number of nitrogens with zero attached hydrogens (tertiary/aromatic N) is 1. The fourth-order valence-corrected chi connectivity index (χ4v) is 3.98. The summed E-state index contributed by atoms with van der Waals surface area (Å²) < 4.78 is 37.4. The van der Waals surface area contributed by atoms with Crippen LogP contribution in [0.5, 0.6) is 11.5 Å². The quantitative estimate of drug-likeness (QED) is 0.847. The van der Waals surface area contributed by atoms with Gasteiger partial charge in [0.15, 0.2) is 11.5 Å². The van der Waals surface area contributed by atoms with E-state index in [9.17, 15) is 13.2 Å². The monoisotopic (exact) mass is 390 g/mol. The first-order valence-corrected chi connectivity index (χ1v) is 9.95. The molecule has 0 fully saturated rings. The van der Waals surface area contributed by atoms with Gasteiger partial charge in [-0.25, -0.2) is 8.42 Å². The SMILES string of the molecule is Cc1cccc(C)c1NC(=O)CN(C)S(=O)(=O)c1ccc2c(c1)OCCO2. The smallest absolute Gasteiger partial charge is 0.243 e. The van der Waals surface area contributed by atoms with E-state index in [0.717, 1.165) is 15.4 Å². The minimum Gasteiger partial charge on any atom is -0.486 e. The van der Waals surface area contributed by atoms with Gasteiger partial charge in [-0.15, -0.1) is 0 Å². The number of fused-ring (bicyclic) bond motifs is 1. The molecule has 0 bridgehead atoms. The molecule has 3 rings (SSSR count). The van der Waals surface area contributed by atoms with Gasteiger partial charge >= 0.3 is 0 Å². The van der Waals surface area contributed by atoms with Gasteiger partial charge in [0, 0.05) is 18.8 Å². The minimum absolute atomic E-state index is 0.0501. The van der Waals surface area contributed by atoms with Gasteiger partial charge in [0.25, 0.3) is 0 Å². The van der Waals surface area contributed by atoms with E-state index in [2.05, 4.69) is 5.32 Å². The highest BCUT2D eigenvalue weighted by atomic mass is 32.2. The zero-order valence-electron chi connectivity index (χ0n) is 15.5. The number of hydrogen-bond acceptors (Lipinski definition) is 5. The van der Waals surface area contributed by atoms with Crippen LogP contribution in [0.15, 0.2) is 41.3 Å². The molecule has 2 aromatic carbocycles. The number of carbonyl (C=O) groups is 1. The highest BCUT2D eigenvalue weighted by Crippen LogP contribution is 2.33. The van der Waals surface area contributed by atoms with Crippen molar-refractivity contribution in [2.24, 2.45) is 0 Å². The number of sulfonamides is 1. The molecule has 8 heteroatoms. The van der Waals surface area contributed by atoms with Crippen LogP contribution in [0, 0.1) is 13.8 Å². The first kappa shape index (κ1) is 19.2. The summed E-state index contributed by atoms with van der Waals surface area (Å²) in [7, 11) is -2.47. The van der Waals surface area contributed by atoms with Crippen LogP contribution >= 0.6 is 0 Å². The fourth-order valence-electron chi connectivity index (χ4n) is 2.84. The number of carbonyl (C=O) groups excluding carboxylic acids is 1. The molecule has 0 aliphatic carbocycles. The second kappa shape index (κ2) is 7.58. The Morgan fingerprint density at radius 3 is 2.37 bits per heavy atom. The Hall–Kier alpha value is -2.58. The third-order valence-electron chi connectivity index (χ3n) is 4.33. The topological polar surface area (TPSA) is 84.9 Å². The average Bonchev–Trinajstić information content (AvgIpc) is 2.64. The number of aryl methyl sites for hydroxylation is 2. The van der Waals surface area contributed by atoms with Crippen molar-refractivity contribution in [3.63, 3.8) is 0 Å². The van der Waals surface area contributed by atoms with Crippen LogP contribution in [0.2, 0.25) is 0 Å². The van der Waals surface area contributed by atoms with Gasteiger partial charge in [-0.3, -0.25) is 4.79 Å². The summed E-state index contributed by atoms with van der Waals surface area (Å²) in [4.78, 5) is 12.4. The molecule has 1 aliphatic heterocycles. The van der Waals surface area contributed by atoms with Crippen LogP contribution < -0.4 is 14.8 Å². The third-order valence-corrected chi connectivity index (χ3v) is 6.13. The van der Waals surface area contributed by atoms with E-state index in [4.69, 9.17) is 9.47 Å². The van der Waals surface area contributed by atoms with E-state index in [-0.39, 0.29) is 11.4 Å². The lowest BCUT2D eigenvalue weighted by Gasteiger charge is -2.21. The fraction of sp³-hybridized carbons (Fsp3) is 0.316. The number of hydrogen-bond donors (Lipinski definition) is 1. The van der Waals surface area contributed by atoms with Gasteiger partial charge in [0.05, 0.1) is 11.4 Å². The lowest BCUT2D eigenvalue weighted by Crippen LogP contribution is -2.35. The molecule has 0 unspecified atom stereocenters. The molecule has 27 heavy (non-hydrogen) atoms. The molecule has 0 saturated carbocycles. The number of para-hydroxylation sites is 1. The maximum Gasteiger partial charge on any atom is 0.243 e. The summed E-state index contributed by atoms with van der Waals surface area (Å²) in [5, 5.41) is 2.79. The van der Waals surface area contributed by atoms with Crippen LogP contribution in [0.25, 0.3) is 0 Å². The maximum absolute atomic E-state index is 12.8. The van der Waals surface area contributed by atoms with Gasteiger partial charge in [0.1, 0.15) is 13.2 Å². The van der Waals surface area contributed by atoms with Crippen molar-refractivity contribution in [2.75, 3.05) is 32.1 Å². The normalized spacial score (nSPS) is 13.5. The van der Waals surface area contributed by atoms with E-state index >= 15 is 0 Å². The maximum atomic E-state index is 12.8. The number of benzene rings is 2. The molecule has 1 N–H and O–H groups in total. The molecule has 0 saturated heterocycles.